The summed E-state index contributed by atoms with van der Waals surface area (Å²) in [6, 6.07) is 4.77. The van der Waals surface area contributed by atoms with Gasteiger partial charge in [0.05, 0.1) is 65.4 Å². The second-order valence-electron chi connectivity index (χ2n) is 6.78. The molecule has 1 aromatic carbocycles. The molecule has 0 fully saturated rings. The SMILES string of the molecule is CCOC(=O)C1=C(COCCN)NC(CF)=C(C(=O)OC)C1c1cccc(Cl)c1Cl.O=C(O)C(=O)O. The first-order valence-corrected chi connectivity index (χ1v) is 11.0. The summed E-state index contributed by atoms with van der Waals surface area (Å²) in [4.78, 5) is 43.8. The number of allylic oxidation sites excluding steroid dienone is 1. The van der Waals surface area contributed by atoms with Crippen molar-refractivity contribution >= 4 is 47.1 Å². The number of hydrogen-bond donors (Lipinski definition) is 4. The molecule has 11 nitrogen and oxygen atoms in total. The van der Waals surface area contributed by atoms with Gasteiger partial charge in [-0.25, -0.2) is 23.6 Å². The number of carbonyl (C=O) groups is 4. The van der Waals surface area contributed by atoms with Crippen LogP contribution < -0.4 is 11.1 Å². The van der Waals surface area contributed by atoms with Gasteiger partial charge in [-0.3, -0.25) is 0 Å². The van der Waals surface area contributed by atoms with Crippen LogP contribution in [0.4, 0.5) is 4.39 Å². The molecule has 198 valence electrons. The summed E-state index contributed by atoms with van der Waals surface area (Å²) in [5.74, 6) is -6.26. The summed E-state index contributed by atoms with van der Waals surface area (Å²) in [5, 5.41) is 17.9. The molecule has 1 aliphatic rings. The van der Waals surface area contributed by atoms with E-state index in [-0.39, 0.29) is 59.0 Å². The van der Waals surface area contributed by atoms with Crippen molar-refractivity contribution in [2.75, 3.05) is 40.1 Å². The van der Waals surface area contributed by atoms with Crippen LogP contribution in [0.1, 0.15) is 18.4 Å². The fraction of sp³-hybridized carbons (Fsp3) is 0.364. The molecule has 0 amide bonds. The van der Waals surface area contributed by atoms with Crippen molar-refractivity contribution in [2.45, 2.75) is 12.8 Å². The first-order valence-electron chi connectivity index (χ1n) is 10.3. The van der Waals surface area contributed by atoms with Crippen molar-refractivity contribution in [3.8, 4) is 0 Å². The molecule has 0 aromatic heterocycles. The lowest BCUT2D eigenvalue weighted by Crippen LogP contribution is -2.36. The fourth-order valence-corrected chi connectivity index (χ4v) is 3.56. The predicted molar refractivity (Wildman–Crippen MR) is 126 cm³/mol. The van der Waals surface area contributed by atoms with Crippen LogP contribution >= 0.6 is 23.2 Å². The van der Waals surface area contributed by atoms with Gasteiger partial charge in [0.25, 0.3) is 0 Å². The Bertz CT molecular complexity index is 1050. The van der Waals surface area contributed by atoms with E-state index in [4.69, 9.17) is 62.9 Å². The molecule has 14 heteroatoms. The molecule has 0 radical (unpaired) electrons. The molecular weight excluding hydrogens is 526 g/mol. The second kappa shape index (κ2) is 15.0. The number of carboxylic acid groups (broad SMARTS) is 2. The van der Waals surface area contributed by atoms with Crippen molar-refractivity contribution in [2.24, 2.45) is 5.73 Å². The van der Waals surface area contributed by atoms with E-state index < -0.39 is 36.5 Å². The van der Waals surface area contributed by atoms with E-state index in [2.05, 4.69) is 5.32 Å². The highest BCUT2D eigenvalue weighted by Gasteiger charge is 2.41. The minimum atomic E-state index is -1.82. The number of hydrogen-bond acceptors (Lipinski definition) is 9. The number of carboxylic acids is 2. The number of nitrogens with two attached hydrogens (primary N) is 1. The maximum Gasteiger partial charge on any atom is 0.414 e. The van der Waals surface area contributed by atoms with Crippen LogP contribution in [0.2, 0.25) is 10.0 Å². The van der Waals surface area contributed by atoms with Gasteiger partial charge in [-0.2, -0.15) is 0 Å². The average molecular weight is 551 g/mol. The van der Waals surface area contributed by atoms with Gasteiger partial charge in [-0.05, 0) is 18.6 Å². The summed E-state index contributed by atoms with van der Waals surface area (Å²) in [6.07, 6.45) is 0. The number of rotatable bonds is 9. The van der Waals surface area contributed by atoms with Crippen LogP contribution in [0, 0.1) is 0 Å². The third-order valence-electron chi connectivity index (χ3n) is 4.55. The van der Waals surface area contributed by atoms with E-state index in [1.165, 1.54) is 0 Å². The monoisotopic (exact) mass is 550 g/mol. The molecule has 36 heavy (non-hydrogen) atoms. The Morgan fingerprint density at radius 2 is 1.69 bits per heavy atom. The Morgan fingerprint density at radius 1 is 1.08 bits per heavy atom. The second-order valence-corrected chi connectivity index (χ2v) is 7.57. The van der Waals surface area contributed by atoms with Crippen LogP contribution in [0.25, 0.3) is 0 Å². The normalized spacial score (nSPS) is 14.9. The first kappa shape index (κ1) is 30.8. The minimum absolute atomic E-state index is 0.0515. The zero-order valence-corrected chi connectivity index (χ0v) is 20.8. The molecule has 5 N–H and O–H groups in total. The van der Waals surface area contributed by atoms with Gasteiger partial charge in [0.15, 0.2) is 0 Å². The molecule has 0 bridgehead atoms. The predicted octanol–water partition coefficient (Wildman–Crippen LogP) is 2.02. The third-order valence-corrected chi connectivity index (χ3v) is 5.38. The van der Waals surface area contributed by atoms with E-state index >= 15 is 0 Å². The first-order chi connectivity index (χ1) is 17.0. The van der Waals surface area contributed by atoms with Gasteiger partial charge >= 0.3 is 23.9 Å². The minimum Gasteiger partial charge on any atom is -0.473 e. The Kier molecular flexibility index (Phi) is 12.9. The molecular formula is C22H25Cl2FN2O9. The topological polar surface area (TPSA) is 174 Å². The number of halogens is 3. The third kappa shape index (κ3) is 7.92. The van der Waals surface area contributed by atoms with Crippen molar-refractivity contribution in [3.05, 3.63) is 56.3 Å². The maximum atomic E-state index is 13.9. The molecule has 0 aliphatic carbocycles. The van der Waals surface area contributed by atoms with Crippen LogP contribution in [0.15, 0.2) is 40.7 Å². The lowest BCUT2D eigenvalue weighted by Gasteiger charge is -2.32. The molecule has 1 aromatic rings. The number of carbonyl (C=O) groups excluding carboxylic acids is 2. The summed E-state index contributed by atoms with van der Waals surface area (Å²) in [7, 11) is 1.16. The number of alkyl halides is 1. The summed E-state index contributed by atoms with van der Waals surface area (Å²) < 4.78 is 29.5. The number of ether oxygens (including phenoxy) is 3. The average Bonchev–Trinajstić information content (AvgIpc) is 2.85. The smallest absolute Gasteiger partial charge is 0.414 e. The number of aliphatic carboxylic acids is 2. The fourth-order valence-electron chi connectivity index (χ4n) is 3.14. The zero-order chi connectivity index (χ0) is 27.4. The molecule has 0 saturated heterocycles. The standard InChI is InChI=1S/C20H23Cl2FN2O5.C2H2O4/c1-3-30-20(27)17-14(10-29-8-7-24)25-13(9-23)16(19(26)28-2)15(17)11-5-4-6-12(21)18(11)22;3-1(4)2(5)6/h4-6,15,25H,3,7-10,24H2,1-2H3;(H,3,4)(H,5,6). The molecule has 1 atom stereocenters. The molecule has 1 aliphatic heterocycles. The number of benzene rings is 1. The molecule has 1 unspecified atom stereocenters. The van der Waals surface area contributed by atoms with Crippen molar-refractivity contribution < 1.29 is 48.0 Å². The molecule has 0 spiro atoms. The van der Waals surface area contributed by atoms with Crippen LogP contribution in [0.5, 0.6) is 0 Å². The Morgan fingerprint density at radius 3 is 2.19 bits per heavy atom. The quantitative estimate of drug-likeness (QED) is 0.201. The van der Waals surface area contributed by atoms with E-state index in [1.54, 1.807) is 25.1 Å². The molecule has 0 saturated carbocycles. The van der Waals surface area contributed by atoms with Gasteiger partial charge in [0.2, 0.25) is 0 Å². The Balaban J connectivity index is 0.000000960. The largest absolute Gasteiger partial charge is 0.473 e. The van der Waals surface area contributed by atoms with Crippen LogP contribution in [-0.4, -0.2) is 74.2 Å². The highest BCUT2D eigenvalue weighted by atomic mass is 35.5. The van der Waals surface area contributed by atoms with E-state index in [1.807, 2.05) is 0 Å². The van der Waals surface area contributed by atoms with E-state index in [9.17, 15) is 14.0 Å². The highest BCUT2D eigenvalue weighted by Crippen LogP contribution is 2.43. The van der Waals surface area contributed by atoms with Crippen molar-refractivity contribution in [1.29, 1.82) is 0 Å². The number of methoxy groups -OCH3 is 1. The lowest BCUT2D eigenvalue weighted by atomic mass is 9.80. The van der Waals surface area contributed by atoms with Gasteiger partial charge in [-0.1, -0.05) is 35.3 Å². The van der Waals surface area contributed by atoms with Gasteiger partial charge in [0, 0.05) is 6.54 Å². The van der Waals surface area contributed by atoms with Crippen LogP contribution in [0.3, 0.4) is 0 Å². The molecule has 1 heterocycles. The summed E-state index contributed by atoms with van der Waals surface area (Å²) in [6.45, 7) is 1.09. The van der Waals surface area contributed by atoms with E-state index in [0.29, 0.717) is 5.56 Å². The van der Waals surface area contributed by atoms with E-state index in [0.717, 1.165) is 7.11 Å². The van der Waals surface area contributed by atoms with Gasteiger partial charge in [0.1, 0.15) is 6.67 Å². The van der Waals surface area contributed by atoms with Gasteiger partial charge < -0.3 is 35.5 Å². The Labute approximate surface area is 215 Å². The molecule has 2 rings (SSSR count). The van der Waals surface area contributed by atoms with Crippen LogP contribution in [-0.2, 0) is 33.4 Å². The zero-order valence-electron chi connectivity index (χ0n) is 19.3. The highest BCUT2D eigenvalue weighted by molar-refractivity contribution is 6.42. The summed E-state index contributed by atoms with van der Waals surface area (Å²) >= 11 is 12.6. The van der Waals surface area contributed by atoms with Gasteiger partial charge in [-0.15, -0.1) is 0 Å². The lowest BCUT2D eigenvalue weighted by molar-refractivity contribution is -0.159. The van der Waals surface area contributed by atoms with Crippen molar-refractivity contribution in [1.82, 2.24) is 5.32 Å². The maximum absolute atomic E-state index is 13.9. The Hall–Kier alpha value is -3.19. The van der Waals surface area contributed by atoms with Crippen molar-refractivity contribution in [3.63, 3.8) is 0 Å². The number of esters is 2. The number of nitrogens with one attached hydrogen (secondary N) is 1. The number of dihydropyridines is 1. The summed E-state index contributed by atoms with van der Waals surface area (Å²) in [5.41, 5.74) is 5.91.